The van der Waals surface area contributed by atoms with E-state index in [0.29, 0.717) is 0 Å². The van der Waals surface area contributed by atoms with Gasteiger partial charge in [0.1, 0.15) is 0 Å². The van der Waals surface area contributed by atoms with Crippen LogP contribution in [-0.4, -0.2) is 125 Å². The summed E-state index contributed by atoms with van der Waals surface area (Å²) in [6.45, 7) is 0. The summed E-state index contributed by atoms with van der Waals surface area (Å²) in [4.78, 5) is 0. The van der Waals surface area contributed by atoms with Crippen LogP contribution in [0.1, 0.15) is 0 Å². The minimum absolute atomic E-state index is 3.28. The monoisotopic (exact) mass is 1120 g/mol. The highest BCUT2D eigenvalue weighted by Gasteiger charge is 3.04. The maximum Gasteiger partial charge on any atom is 0.479 e. The lowest BCUT2D eigenvalue weighted by Gasteiger charge is -2.47. The van der Waals surface area contributed by atoms with E-state index in [9.17, 15) is 189 Å². The molecular formula is C20ClF43Si. The fourth-order valence-electron chi connectivity index (χ4n) is 3.87. The van der Waals surface area contributed by atoms with Crippen molar-refractivity contribution >= 4 is 18.5 Å². The van der Waals surface area contributed by atoms with Gasteiger partial charge < -0.3 is 0 Å². The molecule has 0 unspecified atom stereocenters. The SMILES string of the molecule is FC(F)(F)C(F)(F)C(F)(F)C(F)(F)C(F)(F)C(F)(F)C(F)(F)C(F)(F)C(F)(F)C(F)(F)C(F)(F)C(F)(F)C(F)(F)C(F)(F)C(F)(F)C(F)(F)C(F)(F)C(F)(F)[Si](Cl)(C(F)(F)F)C(F)(F)F. The van der Waals surface area contributed by atoms with Crippen molar-refractivity contribution in [3.8, 4) is 0 Å². The largest absolute Gasteiger partial charge is 0.479 e. The van der Waals surface area contributed by atoms with E-state index < -0.39 is 125 Å². The highest BCUT2D eigenvalue weighted by atomic mass is 35.6. The quantitative estimate of drug-likeness (QED) is 0.0774. The Kier molecular flexibility index (Phi) is 14.2. The number of alkyl halides is 43. The van der Waals surface area contributed by atoms with Crippen LogP contribution >= 0.6 is 11.1 Å². The minimum Gasteiger partial charge on any atom is -0.202 e. The molecule has 45 heteroatoms. The smallest absolute Gasteiger partial charge is 0.202 e. The van der Waals surface area contributed by atoms with E-state index in [2.05, 4.69) is 11.1 Å². The summed E-state index contributed by atoms with van der Waals surface area (Å²) in [5.74, 6) is -182. The lowest BCUT2D eigenvalue weighted by molar-refractivity contribution is -0.493. The van der Waals surface area contributed by atoms with Crippen LogP contribution in [0.15, 0.2) is 0 Å². The number of rotatable bonds is 17. The third-order valence-electron chi connectivity index (χ3n) is 7.88. The molecule has 0 saturated heterocycles. The van der Waals surface area contributed by atoms with Gasteiger partial charge in [0.2, 0.25) is 0 Å². The van der Waals surface area contributed by atoms with Gasteiger partial charge in [0.15, 0.2) is 0 Å². The fraction of sp³-hybridized carbons (Fsp3) is 1.00. The van der Waals surface area contributed by atoms with Crippen molar-refractivity contribution in [1.82, 2.24) is 0 Å². The first-order valence-electron chi connectivity index (χ1n) is 13.3. The molecule has 0 aliphatic heterocycles. The van der Waals surface area contributed by atoms with Crippen LogP contribution in [0, 0.1) is 0 Å². The number of hydrogen-bond donors (Lipinski definition) is 0. The Hall–Kier alpha value is -2.50. The van der Waals surface area contributed by atoms with Crippen molar-refractivity contribution in [1.29, 1.82) is 0 Å². The zero-order chi connectivity index (χ0) is 54.5. The predicted molar refractivity (Wildman–Crippen MR) is 114 cm³/mol. The summed E-state index contributed by atoms with van der Waals surface area (Å²) < 4.78 is 581. The first kappa shape index (κ1) is 62.5. The Morgan fingerprint density at radius 1 is 0.169 bits per heavy atom. The van der Waals surface area contributed by atoms with Crippen LogP contribution in [0.5, 0.6) is 0 Å². The van der Waals surface area contributed by atoms with E-state index in [1.54, 1.807) is 0 Å². The zero-order valence-electron chi connectivity index (χ0n) is 27.1. The van der Waals surface area contributed by atoms with Gasteiger partial charge in [0, 0.05) is 0 Å². The van der Waals surface area contributed by atoms with Gasteiger partial charge in [-0.25, -0.2) is 8.78 Å². The van der Waals surface area contributed by atoms with Gasteiger partial charge in [-0.2, -0.15) is 180 Å². The Morgan fingerprint density at radius 3 is 0.385 bits per heavy atom. The fourth-order valence-corrected chi connectivity index (χ4v) is 5.85. The lowest BCUT2D eigenvalue weighted by atomic mass is 9.82. The predicted octanol–water partition coefficient (Wildman–Crippen LogP) is 14.3. The van der Waals surface area contributed by atoms with Gasteiger partial charge >= 0.3 is 125 Å². The molecule has 0 aliphatic carbocycles. The average Bonchev–Trinajstić information content (AvgIpc) is 3.04. The van der Waals surface area contributed by atoms with E-state index in [1.165, 1.54) is 0 Å². The van der Waals surface area contributed by atoms with Gasteiger partial charge in [-0.1, -0.05) is 0 Å². The second-order valence-corrected chi connectivity index (χ2v) is 16.7. The first-order chi connectivity index (χ1) is 27.0. The van der Waals surface area contributed by atoms with Gasteiger partial charge in [0.25, 0.3) is 0 Å². The van der Waals surface area contributed by atoms with Crippen LogP contribution in [0.3, 0.4) is 0 Å². The minimum atomic E-state index is -10.7. The van der Waals surface area contributed by atoms with Gasteiger partial charge in [0.05, 0.1) is 0 Å². The number of halogens is 44. The summed E-state index contributed by atoms with van der Waals surface area (Å²) in [7, 11) is -10.7. The maximum absolute atomic E-state index is 14.0. The number of hydrogen-bond acceptors (Lipinski definition) is 0. The van der Waals surface area contributed by atoms with Crippen molar-refractivity contribution in [3.05, 3.63) is 0 Å². The summed E-state index contributed by atoms with van der Waals surface area (Å²) >= 11 is 3.28. The van der Waals surface area contributed by atoms with Gasteiger partial charge in [-0.3, -0.25) is 0 Å². The molecular weight excluding hydrogens is 1120 g/mol. The van der Waals surface area contributed by atoms with Crippen molar-refractivity contribution in [3.63, 3.8) is 0 Å². The molecule has 0 aliphatic rings. The van der Waals surface area contributed by atoms with Crippen LogP contribution in [-0.2, 0) is 0 Å². The molecule has 392 valence electrons. The second-order valence-electron chi connectivity index (χ2n) is 11.9. The molecule has 0 spiro atoms. The zero-order valence-corrected chi connectivity index (χ0v) is 28.9. The Bertz CT molecular complexity index is 1720. The molecule has 0 radical (unpaired) electrons. The van der Waals surface area contributed by atoms with E-state index >= 15 is 0 Å². The summed E-state index contributed by atoms with van der Waals surface area (Å²) in [5, 5.41) is 0. The highest BCUT2D eigenvalue weighted by molar-refractivity contribution is 7.23. The summed E-state index contributed by atoms with van der Waals surface area (Å²) in [5.41, 5.74) is -9.49. The highest BCUT2D eigenvalue weighted by Crippen LogP contribution is 2.71. The molecule has 0 amide bonds. The molecule has 0 atom stereocenters. The van der Waals surface area contributed by atoms with Crippen molar-refractivity contribution in [2.24, 2.45) is 0 Å². The molecule has 0 heterocycles. The lowest BCUT2D eigenvalue weighted by Crippen LogP contribution is -2.82. The van der Waals surface area contributed by atoms with Gasteiger partial charge in [-0.05, 0) is 0 Å². The standard InChI is InChI=1S/C20ClF43Si/c21-65(19(59,60)61,20(62,63)64)18(57,58)16(52,53)14(48,49)12(44,45)10(40,41)8(36,37)6(32,33)4(28,29)2(24,25)1(22,23)3(26,27)5(30,31)7(34,35)9(38,39)11(42,43)13(46,47)15(50,51)17(54,55)56. The normalized spacial score (nSPS) is 17.5. The maximum atomic E-state index is 14.0. The van der Waals surface area contributed by atoms with E-state index in [0.717, 1.165) is 0 Å². The topological polar surface area (TPSA) is 0 Å². The van der Waals surface area contributed by atoms with Gasteiger partial charge in [-0.15, -0.1) is 11.1 Å². The van der Waals surface area contributed by atoms with E-state index in [-0.39, 0.29) is 0 Å². The Morgan fingerprint density at radius 2 is 0.277 bits per heavy atom. The molecule has 0 N–H and O–H groups in total. The third-order valence-corrected chi connectivity index (χ3v) is 12.6. The summed E-state index contributed by atoms with van der Waals surface area (Å²) in [6, 6.07) is 0. The molecule has 0 fully saturated rings. The molecule has 0 saturated carbocycles. The molecule has 0 aromatic carbocycles. The average molecular weight is 1120 g/mol. The molecule has 0 bridgehead atoms. The van der Waals surface area contributed by atoms with Crippen LogP contribution in [0.2, 0.25) is 0 Å². The summed E-state index contributed by atoms with van der Waals surface area (Å²) in [6.07, 6.45) is -8.55. The van der Waals surface area contributed by atoms with Crippen molar-refractivity contribution in [2.75, 3.05) is 0 Å². The van der Waals surface area contributed by atoms with Crippen LogP contribution in [0.4, 0.5) is 189 Å². The van der Waals surface area contributed by atoms with E-state index in [4.69, 9.17) is 0 Å². The third kappa shape index (κ3) is 6.91. The van der Waals surface area contributed by atoms with Crippen LogP contribution in [0.25, 0.3) is 0 Å². The van der Waals surface area contributed by atoms with Crippen molar-refractivity contribution in [2.45, 2.75) is 118 Å². The van der Waals surface area contributed by atoms with Crippen LogP contribution < -0.4 is 0 Å². The first-order valence-corrected chi connectivity index (χ1v) is 16.3. The van der Waals surface area contributed by atoms with E-state index in [1.807, 2.05) is 0 Å². The molecule has 0 aromatic heterocycles. The molecule has 0 nitrogen and oxygen atoms in total. The van der Waals surface area contributed by atoms with Crippen molar-refractivity contribution < 1.29 is 189 Å². The molecule has 0 aromatic rings. The molecule has 0 rings (SSSR count). The molecule has 65 heavy (non-hydrogen) atoms. The Balaban J connectivity index is 8.10. The Labute approximate surface area is 326 Å². The second kappa shape index (κ2) is 14.8.